The summed E-state index contributed by atoms with van der Waals surface area (Å²) in [7, 11) is 3.21. The summed E-state index contributed by atoms with van der Waals surface area (Å²) in [6, 6.07) is 14.8. The number of anilines is 1. The van der Waals surface area contributed by atoms with E-state index in [-0.39, 0.29) is 11.2 Å². The van der Waals surface area contributed by atoms with Crippen molar-refractivity contribution >= 4 is 23.4 Å². The highest BCUT2D eigenvalue weighted by molar-refractivity contribution is 8.00. The number of ether oxygens (including phenoxy) is 2. The van der Waals surface area contributed by atoms with Crippen molar-refractivity contribution in [3.05, 3.63) is 54.9 Å². The molecular formula is C19H20N4O3S. The summed E-state index contributed by atoms with van der Waals surface area (Å²) in [5, 5.41) is 11.3. The minimum Gasteiger partial charge on any atom is -0.497 e. The van der Waals surface area contributed by atoms with Crippen molar-refractivity contribution in [3.8, 4) is 17.2 Å². The van der Waals surface area contributed by atoms with Crippen LogP contribution in [0.1, 0.15) is 6.92 Å². The fourth-order valence-corrected chi connectivity index (χ4v) is 3.24. The molecule has 3 aromatic rings. The number of nitrogens with zero attached hydrogens (tertiary/aromatic N) is 3. The summed E-state index contributed by atoms with van der Waals surface area (Å²) in [5.41, 5.74) is 1.54. The standard InChI is InChI=1S/C19H20N4O3S/c1-13(18(24)21-14-6-4-8-16(10-14)25-2)27-19-22-20-12-23(19)15-7-5-9-17(11-15)26-3/h4-13H,1-3H3,(H,21,24)/t13-/m1/s1. The van der Waals surface area contributed by atoms with Gasteiger partial charge in [0.05, 0.1) is 25.2 Å². The number of hydrogen-bond donors (Lipinski definition) is 1. The highest BCUT2D eigenvalue weighted by atomic mass is 32.2. The lowest BCUT2D eigenvalue weighted by Gasteiger charge is -2.13. The Morgan fingerprint density at radius 1 is 1.11 bits per heavy atom. The molecule has 1 aromatic heterocycles. The van der Waals surface area contributed by atoms with Crippen LogP contribution >= 0.6 is 11.8 Å². The van der Waals surface area contributed by atoms with Crippen LogP contribution in [0.5, 0.6) is 11.5 Å². The summed E-state index contributed by atoms with van der Waals surface area (Å²) in [5.74, 6) is 1.29. The first-order valence-corrected chi connectivity index (χ1v) is 9.14. The van der Waals surface area contributed by atoms with Crippen LogP contribution in [0.15, 0.2) is 60.0 Å². The fourth-order valence-electron chi connectivity index (χ4n) is 2.40. The normalized spacial score (nSPS) is 11.7. The van der Waals surface area contributed by atoms with Crippen LogP contribution in [0.3, 0.4) is 0 Å². The Labute approximate surface area is 161 Å². The van der Waals surface area contributed by atoms with E-state index in [0.29, 0.717) is 16.6 Å². The average Bonchev–Trinajstić information content (AvgIpc) is 3.16. The number of methoxy groups -OCH3 is 2. The molecule has 0 radical (unpaired) electrons. The van der Waals surface area contributed by atoms with Crippen molar-refractivity contribution in [1.29, 1.82) is 0 Å². The number of benzene rings is 2. The van der Waals surface area contributed by atoms with E-state index < -0.39 is 0 Å². The summed E-state index contributed by atoms with van der Waals surface area (Å²) >= 11 is 1.33. The van der Waals surface area contributed by atoms with Crippen molar-refractivity contribution < 1.29 is 14.3 Å². The van der Waals surface area contributed by atoms with E-state index in [1.165, 1.54) is 11.8 Å². The van der Waals surface area contributed by atoms with Gasteiger partial charge in [0.2, 0.25) is 5.91 Å². The lowest BCUT2D eigenvalue weighted by atomic mass is 10.3. The molecule has 0 saturated carbocycles. The minimum atomic E-state index is -0.371. The van der Waals surface area contributed by atoms with Crippen molar-refractivity contribution in [2.24, 2.45) is 0 Å². The van der Waals surface area contributed by atoms with Crippen molar-refractivity contribution in [2.75, 3.05) is 19.5 Å². The molecule has 0 aliphatic heterocycles. The van der Waals surface area contributed by atoms with Crippen molar-refractivity contribution in [1.82, 2.24) is 14.8 Å². The van der Waals surface area contributed by atoms with E-state index in [1.54, 1.807) is 26.6 Å². The molecule has 0 aliphatic carbocycles. The number of carbonyl (C=O) groups is 1. The summed E-state index contributed by atoms with van der Waals surface area (Å²) in [6.07, 6.45) is 1.61. The monoisotopic (exact) mass is 384 g/mol. The largest absolute Gasteiger partial charge is 0.497 e. The molecule has 1 atom stereocenters. The van der Waals surface area contributed by atoms with E-state index in [2.05, 4.69) is 15.5 Å². The van der Waals surface area contributed by atoms with Gasteiger partial charge in [-0.15, -0.1) is 10.2 Å². The Kier molecular flexibility index (Phi) is 5.97. The zero-order valence-corrected chi connectivity index (χ0v) is 16.1. The molecule has 0 spiro atoms. The van der Waals surface area contributed by atoms with Gasteiger partial charge in [0, 0.05) is 17.8 Å². The van der Waals surface area contributed by atoms with Crippen LogP contribution in [0.2, 0.25) is 0 Å². The molecule has 1 N–H and O–H groups in total. The van der Waals surface area contributed by atoms with Crippen LogP contribution in [-0.4, -0.2) is 40.1 Å². The molecule has 3 rings (SSSR count). The van der Waals surface area contributed by atoms with Gasteiger partial charge in [-0.2, -0.15) is 0 Å². The maximum atomic E-state index is 12.5. The number of amides is 1. The highest BCUT2D eigenvalue weighted by Gasteiger charge is 2.19. The maximum Gasteiger partial charge on any atom is 0.237 e. The molecule has 1 amide bonds. The molecule has 27 heavy (non-hydrogen) atoms. The molecule has 2 aromatic carbocycles. The molecular weight excluding hydrogens is 364 g/mol. The Hall–Kier alpha value is -3.00. The third-order valence-electron chi connectivity index (χ3n) is 3.84. The first kappa shape index (κ1) is 18.8. The Bertz CT molecular complexity index is 929. The van der Waals surface area contributed by atoms with Crippen LogP contribution in [0.4, 0.5) is 5.69 Å². The van der Waals surface area contributed by atoms with E-state index >= 15 is 0 Å². The second-order valence-corrected chi connectivity index (χ2v) is 6.97. The zero-order valence-electron chi connectivity index (χ0n) is 15.2. The average molecular weight is 384 g/mol. The lowest BCUT2D eigenvalue weighted by Crippen LogP contribution is -2.22. The van der Waals surface area contributed by atoms with Gasteiger partial charge in [-0.3, -0.25) is 9.36 Å². The van der Waals surface area contributed by atoms with E-state index in [0.717, 1.165) is 11.4 Å². The Morgan fingerprint density at radius 2 is 1.81 bits per heavy atom. The SMILES string of the molecule is COc1cccc(NC(=O)[C@@H](C)Sc2nncn2-c2cccc(OC)c2)c1. The first-order chi connectivity index (χ1) is 13.1. The molecule has 140 valence electrons. The summed E-state index contributed by atoms with van der Waals surface area (Å²) < 4.78 is 12.3. The van der Waals surface area contributed by atoms with Crippen LogP contribution in [0, 0.1) is 0 Å². The molecule has 0 bridgehead atoms. The first-order valence-electron chi connectivity index (χ1n) is 8.26. The van der Waals surface area contributed by atoms with E-state index in [4.69, 9.17) is 9.47 Å². The maximum absolute atomic E-state index is 12.5. The van der Waals surface area contributed by atoms with Gasteiger partial charge in [0.25, 0.3) is 0 Å². The number of aromatic nitrogens is 3. The van der Waals surface area contributed by atoms with Crippen molar-refractivity contribution in [2.45, 2.75) is 17.3 Å². The zero-order chi connectivity index (χ0) is 19.2. The smallest absolute Gasteiger partial charge is 0.237 e. The summed E-state index contributed by atoms with van der Waals surface area (Å²) in [6.45, 7) is 1.82. The van der Waals surface area contributed by atoms with Gasteiger partial charge in [0.15, 0.2) is 5.16 Å². The molecule has 1 heterocycles. The molecule has 7 nitrogen and oxygen atoms in total. The van der Waals surface area contributed by atoms with Crippen LogP contribution in [0.25, 0.3) is 5.69 Å². The fraction of sp³-hybridized carbons (Fsp3) is 0.211. The van der Waals surface area contributed by atoms with Crippen molar-refractivity contribution in [3.63, 3.8) is 0 Å². The number of hydrogen-bond acceptors (Lipinski definition) is 6. The minimum absolute atomic E-state index is 0.131. The predicted molar refractivity (Wildman–Crippen MR) is 105 cm³/mol. The Morgan fingerprint density at radius 3 is 2.56 bits per heavy atom. The van der Waals surface area contributed by atoms with Gasteiger partial charge >= 0.3 is 0 Å². The Balaban J connectivity index is 1.71. The number of carbonyl (C=O) groups excluding carboxylic acids is 1. The van der Waals surface area contributed by atoms with Gasteiger partial charge in [-0.05, 0) is 31.2 Å². The molecule has 0 saturated heterocycles. The number of rotatable bonds is 7. The third kappa shape index (κ3) is 4.59. The number of thioether (sulfide) groups is 1. The van der Waals surface area contributed by atoms with Gasteiger partial charge < -0.3 is 14.8 Å². The van der Waals surface area contributed by atoms with Gasteiger partial charge in [-0.1, -0.05) is 23.9 Å². The predicted octanol–water partition coefficient (Wildman–Crippen LogP) is 3.40. The van der Waals surface area contributed by atoms with E-state index in [9.17, 15) is 4.79 Å². The molecule has 0 fully saturated rings. The van der Waals surface area contributed by atoms with E-state index in [1.807, 2.05) is 54.0 Å². The van der Waals surface area contributed by atoms with Gasteiger partial charge in [-0.25, -0.2) is 0 Å². The molecule has 0 aliphatic rings. The molecule has 0 unspecified atom stereocenters. The quantitative estimate of drug-likeness (QED) is 0.629. The highest BCUT2D eigenvalue weighted by Crippen LogP contribution is 2.26. The molecule has 8 heteroatoms. The third-order valence-corrected chi connectivity index (χ3v) is 4.89. The van der Waals surface area contributed by atoms with Gasteiger partial charge in [0.1, 0.15) is 17.8 Å². The van der Waals surface area contributed by atoms with Crippen LogP contribution in [-0.2, 0) is 4.79 Å². The van der Waals surface area contributed by atoms with Crippen LogP contribution < -0.4 is 14.8 Å². The summed E-state index contributed by atoms with van der Waals surface area (Å²) in [4.78, 5) is 12.5. The second kappa shape index (κ2) is 8.59. The number of nitrogens with one attached hydrogen (secondary N) is 1. The second-order valence-electron chi connectivity index (χ2n) is 5.67. The lowest BCUT2D eigenvalue weighted by molar-refractivity contribution is -0.115. The topological polar surface area (TPSA) is 78.3 Å².